The van der Waals surface area contributed by atoms with E-state index in [1.165, 1.54) is 11.1 Å². The van der Waals surface area contributed by atoms with Crippen LogP contribution in [0.4, 0.5) is 0 Å². The minimum Gasteiger partial charge on any atom is -0.394 e. The second-order valence-electron chi connectivity index (χ2n) is 6.60. The third kappa shape index (κ3) is 4.05. The average Bonchev–Trinajstić information content (AvgIpc) is 2.80. The Labute approximate surface area is 123 Å². The van der Waals surface area contributed by atoms with E-state index < -0.39 is 0 Å². The number of hydrogen-bond donors (Lipinski definition) is 2. The highest BCUT2D eigenvalue weighted by atomic mass is 16.3. The predicted octanol–water partition coefficient (Wildman–Crippen LogP) is 2.53. The molecular formula is C17H28N2O. The van der Waals surface area contributed by atoms with Crippen LogP contribution < -0.4 is 5.32 Å². The monoisotopic (exact) mass is 276 g/mol. The molecule has 20 heavy (non-hydrogen) atoms. The van der Waals surface area contributed by atoms with Crippen molar-refractivity contribution in [3.05, 3.63) is 35.4 Å². The van der Waals surface area contributed by atoms with E-state index in [2.05, 4.69) is 55.3 Å². The lowest BCUT2D eigenvalue weighted by atomic mass is 9.95. The predicted molar refractivity (Wildman–Crippen MR) is 83.6 cm³/mol. The van der Waals surface area contributed by atoms with Crippen molar-refractivity contribution in [3.63, 3.8) is 0 Å². The molecule has 0 saturated heterocycles. The summed E-state index contributed by atoms with van der Waals surface area (Å²) >= 11 is 0. The molecule has 1 aliphatic heterocycles. The molecule has 0 amide bonds. The van der Waals surface area contributed by atoms with E-state index in [0.29, 0.717) is 6.04 Å². The van der Waals surface area contributed by atoms with E-state index in [4.69, 9.17) is 0 Å². The Kier molecular flexibility index (Phi) is 5.19. The molecule has 1 aromatic carbocycles. The number of rotatable bonds is 7. The Hall–Kier alpha value is -0.900. The van der Waals surface area contributed by atoms with Gasteiger partial charge in [0.2, 0.25) is 0 Å². The van der Waals surface area contributed by atoms with Crippen molar-refractivity contribution in [3.8, 4) is 0 Å². The van der Waals surface area contributed by atoms with Gasteiger partial charge in [0.15, 0.2) is 0 Å². The highest BCUT2D eigenvalue weighted by molar-refractivity contribution is 5.30. The number of nitrogens with zero attached hydrogens (tertiary/aromatic N) is 1. The van der Waals surface area contributed by atoms with Gasteiger partial charge in [-0.2, -0.15) is 0 Å². The number of aliphatic hydroxyl groups excluding tert-OH is 1. The fourth-order valence-corrected chi connectivity index (χ4v) is 3.15. The number of fused-ring (bicyclic) bond motifs is 1. The molecule has 0 spiro atoms. The molecule has 0 aliphatic carbocycles. The summed E-state index contributed by atoms with van der Waals surface area (Å²) in [7, 11) is 0. The van der Waals surface area contributed by atoms with Crippen LogP contribution in [0, 0.1) is 0 Å². The lowest BCUT2D eigenvalue weighted by Crippen LogP contribution is -2.49. The first-order valence-corrected chi connectivity index (χ1v) is 7.70. The van der Waals surface area contributed by atoms with Crippen LogP contribution in [0.5, 0.6) is 0 Å². The average molecular weight is 276 g/mol. The van der Waals surface area contributed by atoms with Gasteiger partial charge < -0.3 is 10.4 Å². The largest absolute Gasteiger partial charge is 0.394 e. The zero-order valence-electron chi connectivity index (χ0n) is 13.0. The third-order valence-electron chi connectivity index (χ3n) is 4.10. The lowest BCUT2D eigenvalue weighted by molar-refractivity contribution is 0.148. The van der Waals surface area contributed by atoms with Crippen LogP contribution in [0.25, 0.3) is 0 Å². The quantitative estimate of drug-likeness (QED) is 0.803. The molecule has 1 heterocycles. The first kappa shape index (κ1) is 15.5. The van der Waals surface area contributed by atoms with E-state index in [-0.39, 0.29) is 12.1 Å². The van der Waals surface area contributed by atoms with Gasteiger partial charge in [0, 0.05) is 24.7 Å². The Balaban J connectivity index is 1.77. The Bertz CT molecular complexity index is 408. The second kappa shape index (κ2) is 6.70. The van der Waals surface area contributed by atoms with Crippen LogP contribution in [0.1, 0.15) is 44.7 Å². The van der Waals surface area contributed by atoms with Gasteiger partial charge in [-0.3, -0.25) is 4.90 Å². The van der Waals surface area contributed by atoms with Crippen molar-refractivity contribution in [2.75, 3.05) is 13.2 Å². The summed E-state index contributed by atoms with van der Waals surface area (Å²) in [6.07, 6.45) is 2.12. The number of benzene rings is 1. The van der Waals surface area contributed by atoms with E-state index in [1.54, 1.807) is 0 Å². The minimum absolute atomic E-state index is 0.152. The number of aliphatic hydroxyl groups is 1. The summed E-state index contributed by atoms with van der Waals surface area (Å²) in [6, 6.07) is 9.11. The molecule has 0 fully saturated rings. The fourth-order valence-electron chi connectivity index (χ4n) is 3.15. The molecule has 3 nitrogen and oxygen atoms in total. The van der Waals surface area contributed by atoms with Gasteiger partial charge in [-0.1, -0.05) is 38.1 Å². The molecule has 1 aliphatic rings. The molecule has 1 atom stereocenters. The number of nitrogens with one attached hydrogen (secondary N) is 1. The molecule has 1 aromatic rings. The van der Waals surface area contributed by atoms with Crippen molar-refractivity contribution >= 4 is 0 Å². The molecule has 112 valence electrons. The maximum Gasteiger partial charge on any atom is 0.0610 e. The lowest BCUT2D eigenvalue weighted by Gasteiger charge is -2.31. The summed E-state index contributed by atoms with van der Waals surface area (Å²) in [5.41, 5.74) is 2.79. The summed E-state index contributed by atoms with van der Waals surface area (Å²) in [5.74, 6) is 0. The van der Waals surface area contributed by atoms with Crippen LogP contribution in [0.3, 0.4) is 0 Å². The first-order valence-electron chi connectivity index (χ1n) is 7.70. The van der Waals surface area contributed by atoms with Crippen molar-refractivity contribution in [2.24, 2.45) is 0 Å². The zero-order chi connectivity index (χ0) is 14.6. The summed E-state index contributed by atoms with van der Waals surface area (Å²) in [6.45, 7) is 9.82. The van der Waals surface area contributed by atoms with Gasteiger partial charge >= 0.3 is 0 Å². The maximum absolute atomic E-state index is 9.59. The Morgan fingerprint density at radius 2 is 1.85 bits per heavy atom. The van der Waals surface area contributed by atoms with Crippen molar-refractivity contribution < 1.29 is 5.11 Å². The zero-order valence-corrected chi connectivity index (χ0v) is 13.0. The smallest absolute Gasteiger partial charge is 0.0610 e. The molecular weight excluding hydrogens is 248 g/mol. The van der Waals surface area contributed by atoms with Crippen LogP contribution in [-0.4, -0.2) is 34.7 Å². The maximum atomic E-state index is 9.59. The summed E-state index contributed by atoms with van der Waals surface area (Å²) in [4.78, 5) is 2.50. The van der Waals surface area contributed by atoms with Gasteiger partial charge in [-0.15, -0.1) is 0 Å². The highest BCUT2D eigenvalue weighted by Crippen LogP contribution is 2.23. The van der Waals surface area contributed by atoms with Gasteiger partial charge in [0.1, 0.15) is 0 Å². The van der Waals surface area contributed by atoms with E-state index in [0.717, 1.165) is 32.5 Å². The van der Waals surface area contributed by atoms with Crippen LogP contribution in [0.2, 0.25) is 0 Å². The van der Waals surface area contributed by atoms with E-state index in [1.807, 2.05) is 0 Å². The van der Waals surface area contributed by atoms with Gasteiger partial charge in [0.25, 0.3) is 0 Å². The molecule has 1 unspecified atom stereocenters. The van der Waals surface area contributed by atoms with Crippen molar-refractivity contribution in [1.82, 2.24) is 10.2 Å². The highest BCUT2D eigenvalue weighted by Gasteiger charge is 2.24. The fraction of sp³-hybridized carbons (Fsp3) is 0.647. The van der Waals surface area contributed by atoms with Crippen LogP contribution >= 0.6 is 0 Å². The Morgan fingerprint density at radius 1 is 1.25 bits per heavy atom. The second-order valence-corrected chi connectivity index (χ2v) is 6.60. The summed E-state index contributed by atoms with van der Waals surface area (Å²) in [5, 5.41) is 13.1. The van der Waals surface area contributed by atoms with Crippen molar-refractivity contribution in [1.29, 1.82) is 0 Å². The molecule has 2 rings (SSSR count). The third-order valence-corrected chi connectivity index (χ3v) is 4.10. The molecule has 3 heteroatoms. The SMILES string of the molecule is CC(C)NC(C)(CO)CCCN1Cc2ccccc2C1. The Morgan fingerprint density at radius 3 is 2.35 bits per heavy atom. The number of hydrogen-bond acceptors (Lipinski definition) is 3. The first-order chi connectivity index (χ1) is 9.52. The normalized spacial score (nSPS) is 18.2. The minimum atomic E-state index is -0.152. The van der Waals surface area contributed by atoms with Gasteiger partial charge in [-0.25, -0.2) is 0 Å². The van der Waals surface area contributed by atoms with Gasteiger partial charge in [-0.05, 0) is 37.4 Å². The standard InChI is InChI=1S/C17H28N2O/c1-14(2)18-17(3,13-20)9-6-10-19-11-15-7-4-5-8-16(15)12-19/h4-5,7-8,14,18,20H,6,9-13H2,1-3H3. The molecule has 0 saturated carbocycles. The van der Waals surface area contributed by atoms with Crippen LogP contribution in [-0.2, 0) is 13.1 Å². The van der Waals surface area contributed by atoms with Gasteiger partial charge in [0.05, 0.1) is 6.61 Å². The molecule has 2 N–H and O–H groups in total. The molecule has 0 aromatic heterocycles. The van der Waals surface area contributed by atoms with E-state index in [9.17, 15) is 5.11 Å². The van der Waals surface area contributed by atoms with Crippen LogP contribution in [0.15, 0.2) is 24.3 Å². The van der Waals surface area contributed by atoms with Crippen molar-refractivity contribution in [2.45, 2.75) is 58.3 Å². The molecule has 0 radical (unpaired) electrons. The van der Waals surface area contributed by atoms with E-state index >= 15 is 0 Å². The molecule has 0 bridgehead atoms. The topological polar surface area (TPSA) is 35.5 Å². The summed E-state index contributed by atoms with van der Waals surface area (Å²) < 4.78 is 0.